The number of carbonyl (C=O) groups excluding carboxylic acids is 1. The van der Waals surface area contributed by atoms with Crippen molar-refractivity contribution in [2.45, 2.75) is 31.5 Å². The summed E-state index contributed by atoms with van der Waals surface area (Å²) in [6, 6.07) is 0.734. The summed E-state index contributed by atoms with van der Waals surface area (Å²) in [5, 5.41) is 3.77. The second-order valence-electron chi connectivity index (χ2n) is 3.60. The molecule has 0 radical (unpaired) electrons. The largest absolute Gasteiger partial charge is 0.391 e. The van der Waals surface area contributed by atoms with E-state index in [0.29, 0.717) is 0 Å². The molecule has 2 heterocycles. The zero-order chi connectivity index (χ0) is 11.1. The van der Waals surface area contributed by atoms with Crippen LogP contribution in [-0.4, -0.2) is 21.7 Å². The Bertz CT molecular complexity index is 383. The monoisotopic (exact) mass is 218 g/mol. The van der Waals surface area contributed by atoms with Crippen molar-refractivity contribution >= 4 is 5.78 Å². The molecule has 1 unspecified atom stereocenters. The summed E-state index contributed by atoms with van der Waals surface area (Å²) in [6.07, 6.45) is -3.38. The molecule has 2 rings (SSSR count). The first-order valence-corrected chi connectivity index (χ1v) is 4.61. The molecule has 82 valence electrons. The molecule has 0 fully saturated rings. The molecule has 1 aromatic rings. The van der Waals surface area contributed by atoms with E-state index in [1.807, 2.05) is 0 Å². The van der Waals surface area contributed by atoms with E-state index in [0.717, 1.165) is 0 Å². The van der Waals surface area contributed by atoms with Crippen molar-refractivity contribution in [3.05, 3.63) is 18.0 Å². The van der Waals surface area contributed by atoms with E-state index in [1.54, 1.807) is 0 Å². The highest BCUT2D eigenvalue weighted by atomic mass is 19.4. The highest BCUT2D eigenvalue weighted by Gasteiger charge is 2.36. The van der Waals surface area contributed by atoms with Crippen LogP contribution in [0.2, 0.25) is 0 Å². The van der Waals surface area contributed by atoms with Crippen LogP contribution in [0.25, 0.3) is 0 Å². The quantitative estimate of drug-likeness (QED) is 0.725. The molecule has 3 nitrogen and oxygen atoms in total. The number of carbonyl (C=O) groups is 1. The van der Waals surface area contributed by atoms with E-state index in [4.69, 9.17) is 0 Å². The van der Waals surface area contributed by atoms with Crippen LogP contribution in [0.1, 0.15) is 35.8 Å². The lowest BCUT2D eigenvalue weighted by Crippen LogP contribution is -2.27. The van der Waals surface area contributed by atoms with Gasteiger partial charge in [0.2, 0.25) is 0 Å². The van der Waals surface area contributed by atoms with Crippen molar-refractivity contribution in [2.24, 2.45) is 0 Å². The van der Waals surface area contributed by atoms with Crippen LogP contribution in [0.5, 0.6) is 0 Å². The number of fused-ring (bicyclic) bond motifs is 1. The summed E-state index contributed by atoms with van der Waals surface area (Å²) in [5.74, 6) is -0.133. The van der Waals surface area contributed by atoms with Gasteiger partial charge in [-0.1, -0.05) is 0 Å². The summed E-state index contributed by atoms with van der Waals surface area (Å²) >= 11 is 0. The van der Waals surface area contributed by atoms with Crippen LogP contribution in [0.15, 0.2) is 12.3 Å². The standard InChI is InChI=1S/C9H9F3N2O/c10-9(11,12)5-6-1-2-8(15)7-3-4-13-14(6)7/h3-4,6H,1-2,5H2. The van der Waals surface area contributed by atoms with Crippen molar-refractivity contribution in [1.82, 2.24) is 9.78 Å². The summed E-state index contributed by atoms with van der Waals surface area (Å²) in [5.41, 5.74) is 0.288. The number of Topliss-reactive ketones (excluding diaryl/α,β-unsaturated/α-hetero) is 1. The van der Waals surface area contributed by atoms with Gasteiger partial charge in [-0.25, -0.2) is 0 Å². The van der Waals surface area contributed by atoms with Gasteiger partial charge >= 0.3 is 6.18 Å². The molecular formula is C9H9F3N2O. The number of rotatable bonds is 1. The predicted molar refractivity (Wildman–Crippen MR) is 45.5 cm³/mol. The Balaban J connectivity index is 2.25. The summed E-state index contributed by atoms with van der Waals surface area (Å²) in [6.45, 7) is 0. The van der Waals surface area contributed by atoms with E-state index < -0.39 is 18.6 Å². The Morgan fingerprint density at radius 2 is 2.27 bits per heavy atom. The maximum absolute atomic E-state index is 12.2. The molecule has 1 aliphatic heterocycles. The molecule has 1 aromatic heterocycles. The third-order valence-electron chi connectivity index (χ3n) is 2.47. The van der Waals surface area contributed by atoms with Crippen molar-refractivity contribution in [1.29, 1.82) is 0 Å². The van der Waals surface area contributed by atoms with Crippen molar-refractivity contribution in [3.8, 4) is 0 Å². The third kappa shape index (κ3) is 2.03. The molecule has 0 spiro atoms. The van der Waals surface area contributed by atoms with Gasteiger partial charge < -0.3 is 0 Å². The minimum atomic E-state index is -4.21. The number of aromatic nitrogens is 2. The lowest BCUT2D eigenvalue weighted by Gasteiger charge is -2.24. The van der Waals surface area contributed by atoms with Gasteiger partial charge in [0, 0.05) is 12.6 Å². The predicted octanol–water partition coefficient (Wildman–Crippen LogP) is 2.35. The Morgan fingerprint density at radius 3 is 2.93 bits per heavy atom. The number of alkyl halides is 3. The Labute approximate surface area is 83.9 Å². The van der Waals surface area contributed by atoms with Crippen LogP contribution in [0.3, 0.4) is 0 Å². The molecule has 0 aromatic carbocycles. The highest BCUT2D eigenvalue weighted by molar-refractivity contribution is 5.95. The number of nitrogens with zero attached hydrogens (tertiary/aromatic N) is 2. The first kappa shape index (κ1) is 10.2. The molecule has 1 atom stereocenters. The van der Waals surface area contributed by atoms with Gasteiger partial charge in [-0.05, 0) is 12.5 Å². The van der Waals surface area contributed by atoms with Gasteiger partial charge in [0.25, 0.3) is 0 Å². The maximum atomic E-state index is 12.2. The van der Waals surface area contributed by atoms with Gasteiger partial charge in [-0.15, -0.1) is 0 Å². The SMILES string of the molecule is O=C1CCC(CC(F)(F)F)n2nccc21. The van der Waals surface area contributed by atoms with Gasteiger partial charge in [0.15, 0.2) is 5.78 Å². The normalized spacial score (nSPS) is 21.5. The Morgan fingerprint density at radius 1 is 1.53 bits per heavy atom. The van der Waals surface area contributed by atoms with E-state index in [2.05, 4.69) is 5.10 Å². The molecule has 15 heavy (non-hydrogen) atoms. The summed E-state index contributed by atoms with van der Waals surface area (Å²) in [4.78, 5) is 11.3. The molecule has 0 aliphatic carbocycles. The summed E-state index contributed by atoms with van der Waals surface area (Å²) < 4.78 is 37.8. The number of hydrogen-bond donors (Lipinski definition) is 0. The molecule has 0 amide bonds. The Hall–Kier alpha value is -1.33. The van der Waals surface area contributed by atoms with E-state index in [-0.39, 0.29) is 24.3 Å². The lowest BCUT2D eigenvalue weighted by molar-refractivity contribution is -0.144. The summed E-state index contributed by atoms with van der Waals surface area (Å²) in [7, 11) is 0. The minimum absolute atomic E-state index is 0.133. The average molecular weight is 218 g/mol. The second kappa shape index (κ2) is 3.36. The first-order chi connectivity index (χ1) is 6.97. The molecule has 0 saturated carbocycles. The van der Waals surface area contributed by atoms with Crippen molar-refractivity contribution in [3.63, 3.8) is 0 Å². The second-order valence-corrected chi connectivity index (χ2v) is 3.60. The molecular weight excluding hydrogens is 209 g/mol. The zero-order valence-corrected chi connectivity index (χ0v) is 7.79. The molecule has 0 bridgehead atoms. The lowest BCUT2D eigenvalue weighted by atomic mass is 9.99. The fourth-order valence-electron chi connectivity index (χ4n) is 1.83. The molecule has 0 saturated heterocycles. The fourth-order valence-corrected chi connectivity index (χ4v) is 1.83. The van der Waals surface area contributed by atoms with Crippen LogP contribution >= 0.6 is 0 Å². The van der Waals surface area contributed by atoms with E-state index in [9.17, 15) is 18.0 Å². The van der Waals surface area contributed by atoms with Crippen LogP contribution in [0.4, 0.5) is 13.2 Å². The van der Waals surface area contributed by atoms with E-state index >= 15 is 0 Å². The molecule has 0 N–H and O–H groups in total. The number of halogens is 3. The third-order valence-corrected chi connectivity index (χ3v) is 2.47. The molecule has 1 aliphatic rings. The van der Waals surface area contributed by atoms with Crippen LogP contribution < -0.4 is 0 Å². The van der Waals surface area contributed by atoms with Crippen molar-refractivity contribution < 1.29 is 18.0 Å². The van der Waals surface area contributed by atoms with Crippen molar-refractivity contribution in [2.75, 3.05) is 0 Å². The van der Waals surface area contributed by atoms with Crippen LogP contribution in [-0.2, 0) is 0 Å². The van der Waals surface area contributed by atoms with Gasteiger partial charge in [0.1, 0.15) is 5.69 Å². The first-order valence-electron chi connectivity index (χ1n) is 4.61. The minimum Gasteiger partial charge on any atom is -0.292 e. The Kier molecular flexibility index (Phi) is 2.28. The smallest absolute Gasteiger partial charge is 0.292 e. The molecule has 6 heteroatoms. The topological polar surface area (TPSA) is 34.9 Å². The van der Waals surface area contributed by atoms with Gasteiger partial charge in [-0.3, -0.25) is 9.48 Å². The van der Waals surface area contributed by atoms with Gasteiger partial charge in [0.05, 0.1) is 12.5 Å². The number of hydrogen-bond acceptors (Lipinski definition) is 2. The van der Waals surface area contributed by atoms with E-state index in [1.165, 1.54) is 16.9 Å². The van der Waals surface area contributed by atoms with Crippen LogP contribution in [0, 0.1) is 0 Å². The zero-order valence-electron chi connectivity index (χ0n) is 7.79. The van der Waals surface area contributed by atoms with Gasteiger partial charge in [-0.2, -0.15) is 18.3 Å². The highest BCUT2D eigenvalue weighted by Crippen LogP contribution is 2.33. The fraction of sp³-hybridized carbons (Fsp3) is 0.556. The maximum Gasteiger partial charge on any atom is 0.391 e. The average Bonchev–Trinajstić information content (AvgIpc) is 2.57. The number of ketones is 1.